The number of rotatable bonds is 3. The van der Waals surface area contributed by atoms with Crippen LogP contribution in [0.1, 0.15) is 19.4 Å². The number of methoxy groups -OCH3 is 1. The second kappa shape index (κ2) is 4.26. The molecule has 1 fully saturated rings. The van der Waals surface area contributed by atoms with E-state index in [1.54, 1.807) is 7.11 Å². The average Bonchev–Trinajstić information content (AvgIpc) is 2.14. The van der Waals surface area contributed by atoms with E-state index in [9.17, 15) is 0 Å². The number of hydrogen-bond acceptors (Lipinski definition) is 3. The van der Waals surface area contributed by atoms with Gasteiger partial charge in [0.15, 0.2) is 0 Å². The molecule has 4 heteroatoms. The van der Waals surface area contributed by atoms with Gasteiger partial charge >= 0.3 is 0 Å². The molecule has 0 bridgehead atoms. The highest BCUT2D eigenvalue weighted by Gasteiger charge is 2.51. The van der Waals surface area contributed by atoms with Gasteiger partial charge in [0.25, 0.3) is 0 Å². The summed E-state index contributed by atoms with van der Waals surface area (Å²) in [6.45, 7) is 5.36. The van der Waals surface area contributed by atoms with Gasteiger partial charge in [0.2, 0.25) is 0 Å². The number of nitrogens with two attached hydrogens (primary N) is 1. The molecule has 0 radical (unpaired) electrons. The first-order valence-corrected chi connectivity index (χ1v) is 6.41. The molecular formula is C13H18BrNO2. The zero-order valence-electron chi connectivity index (χ0n) is 10.4. The fourth-order valence-electron chi connectivity index (χ4n) is 2.23. The van der Waals surface area contributed by atoms with Crippen molar-refractivity contribution in [3.8, 4) is 5.75 Å². The molecule has 1 aliphatic rings. The second-order valence-electron chi connectivity index (χ2n) is 5.14. The third-order valence-electron chi connectivity index (χ3n) is 3.61. The van der Waals surface area contributed by atoms with E-state index in [2.05, 4.69) is 22.0 Å². The summed E-state index contributed by atoms with van der Waals surface area (Å²) >= 11 is 3.50. The normalized spacial score (nSPS) is 18.6. The lowest BCUT2D eigenvalue weighted by Gasteiger charge is -2.51. The van der Waals surface area contributed by atoms with Crippen molar-refractivity contribution in [1.82, 2.24) is 0 Å². The predicted octanol–water partition coefficient (Wildman–Crippen LogP) is 2.46. The minimum absolute atomic E-state index is 0.165. The van der Waals surface area contributed by atoms with E-state index in [0.717, 1.165) is 15.8 Å². The van der Waals surface area contributed by atoms with Gasteiger partial charge in [-0.15, -0.1) is 0 Å². The highest BCUT2D eigenvalue weighted by Crippen LogP contribution is 2.45. The Bertz CT molecular complexity index is 422. The summed E-state index contributed by atoms with van der Waals surface area (Å²) in [5, 5.41) is 0. The maximum Gasteiger partial charge on any atom is 0.122 e. The van der Waals surface area contributed by atoms with Crippen LogP contribution in [-0.2, 0) is 10.2 Å². The summed E-state index contributed by atoms with van der Waals surface area (Å²) < 4.78 is 11.9. The highest BCUT2D eigenvalue weighted by atomic mass is 79.9. The lowest BCUT2D eigenvalue weighted by molar-refractivity contribution is -0.0927. The smallest absolute Gasteiger partial charge is 0.122 e. The third kappa shape index (κ3) is 1.98. The largest absolute Gasteiger partial charge is 0.496 e. The molecule has 0 aromatic heterocycles. The molecule has 2 N–H and O–H groups in total. The third-order valence-corrected chi connectivity index (χ3v) is 4.10. The topological polar surface area (TPSA) is 44.5 Å². The van der Waals surface area contributed by atoms with Gasteiger partial charge in [0.1, 0.15) is 5.75 Å². The van der Waals surface area contributed by atoms with Crippen LogP contribution in [0.2, 0.25) is 0 Å². The van der Waals surface area contributed by atoms with Gasteiger partial charge in [0.05, 0.1) is 25.7 Å². The first kappa shape index (κ1) is 12.9. The van der Waals surface area contributed by atoms with Crippen LogP contribution in [0.3, 0.4) is 0 Å². The van der Waals surface area contributed by atoms with E-state index in [1.165, 1.54) is 0 Å². The molecule has 1 aliphatic heterocycles. The van der Waals surface area contributed by atoms with Crippen LogP contribution in [0.15, 0.2) is 22.7 Å². The molecule has 1 aromatic rings. The number of ether oxygens (including phenoxy) is 2. The molecule has 0 saturated carbocycles. The monoisotopic (exact) mass is 299 g/mol. The van der Waals surface area contributed by atoms with Crippen LogP contribution in [0.4, 0.5) is 0 Å². The Morgan fingerprint density at radius 2 is 2.06 bits per heavy atom. The predicted molar refractivity (Wildman–Crippen MR) is 71.5 cm³/mol. The van der Waals surface area contributed by atoms with E-state index in [4.69, 9.17) is 15.2 Å². The van der Waals surface area contributed by atoms with Gasteiger partial charge in [0, 0.05) is 15.6 Å². The molecule has 0 spiro atoms. The number of benzene rings is 1. The Labute approximate surface area is 110 Å². The summed E-state index contributed by atoms with van der Waals surface area (Å²) in [7, 11) is 1.68. The molecule has 0 aliphatic carbocycles. The zero-order valence-corrected chi connectivity index (χ0v) is 12.0. The number of hydrogen-bond donors (Lipinski definition) is 1. The van der Waals surface area contributed by atoms with Gasteiger partial charge in [-0.05, 0) is 32.0 Å². The van der Waals surface area contributed by atoms with Crippen molar-refractivity contribution in [2.75, 3.05) is 20.3 Å². The molecule has 3 nitrogen and oxygen atoms in total. The fraction of sp³-hybridized carbons (Fsp3) is 0.538. The summed E-state index contributed by atoms with van der Waals surface area (Å²) in [4.78, 5) is 0. The molecule has 1 saturated heterocycles. The lowest BCUT2D eigenvalue weighted by atomic mass is 9.65. The Balaban J connectivity index is 2.54. The fourth-order valence-corrected chi connectivity index (χ4v) is 2.60. The van der Waals surface area contributed by atoms with E-state index >= 15 is 0 Å². The van der Waals surface area contributed by atoms with Gasteiger partial charge < -0.3 is 15.2 Å². The summed E-state index contributed by atoms with van der Waals surface area (Å²) in [6.07, 6.45) is 0. The van der Waals surface area contributed by atoms with E-state index in [-0.39, 0.29) is 11.0 Å². The van der Waals surface area contributed by atoms with Crippen LogP contribution in [0.25, 0.3) is 0 Å². The average molecular weight is 300 g/mol. The van der Waals surface area contributed by atoms with Crippen molar-refractivity contribution in [3.63, 3.8) is 0 Å². The first-order valence-electron chi connectivity index (χ1n) is 5.61. The Hall–Kier alpha value is -0.580. The molecule has 0 atom stereocenters. The van der Waals surface area contributed by atoms with Crippen LogP contribution in [0.5, 0.6) is 5.75 Å². The minimum Gasteiger partial charge on any atom is -0.496 e. The molecular weight excluding hydrogens is 282 g/mol. The van der Waals surface area contributed by atoms with Gasteiger partial charge in [-0.25, -0.2) is 0 Å². The van der Waals surface area contributed by atoms with Crippen LogP contribution >= 0.6 is 15.9 Å². The van der Waals surface area contributed by atoms with Crippen molar-refractivity contribution < 1.29 is 9.47 Å². The van der Waals surface area contributed by atoms with Crippen molar-refractivity contribution in [2.45, 2.75) is 24.8 Å². The van der Waals surface area contributed by atoms with Gasteiger partial charge in [-0.1, -0.05) is 15.9 Å². The lowest BCUT2D eigenvalue weighted by Crippen LogP contribution is -2.64. The van der Waals surface area contributed by atoms with Gasteiger partial charge in [-0.3, -0.25) is 0 Å². The number of halogens is 1. The molecule has 1 aromatic carbocycles. The standard InChI is InChI=1S/C13H18BrNO2/c1-12(2,15)13(7-17-8-13)10-6-9(14)4-5-11(10)16-3/h4-6H,7-8,15H2,1-3H3. The van der Waals surface area contributed by atoms with Crippen molar-refractivity contribution in [2.24, 2.45) is 5.73 Å². The van der Waals surface area contributed by atoms with Crippen molar-refractivity contribution in [1.29, 1.82) is 0 Å². The molecule has 94 valence electrons. The SMILES string of the molecule is COc1ccc(Br)cc1C1(C(C)(C)N)COC1. The van der Waals surface area contributed by atoms with E-state index in [1.807, 2.05) is 26.0 Å². The van der Waals surface area contributed by atoms with E-state index in [0.29, 0.717) is 13.2 Å². The molecule has 1 heterocycles. The first-order chi connectivity index (χ1) is 7.90. The van der Waals surface area contributed by atoms with Crippen molar-refractivity contribution >= 4 is 15.9 Å². The molecule has 2 rings (SSSR count). The Kier molecular flexibility index (Phi) is 3.23. The van der Waals surface area contributed by atoms with Crippen molar-refractivity contribution in [3.05, 3.63) is 28.2 Å². The molecule has 0 unspecified atom stereocenters. The van der Waals surface area contributed by atoms with E-state index < -0.39 is 0 Å². The molecule has 0 amide bonds. The quantitative estimate of drug-likeness (QED) is 0.932. The van der Waals surface area contributed by atoms with Crippen LogP contribution in [0, 0.1) is 0 Å². The second-order valence-corrected chi connectivity index (χ2v) is 6.06. The Morgan fingerprint density at radius 3 is 2.47 bits per heavy atom. The highest BCUT2D eigenvalue weighted by molar-refractivity contribution is 9.10. The Morgan fingerprint density at radius 1 is 1.41 bits per heavy atom. The van der Waals surface area contributed by atoms with Gasteiger partial charge in [-0.2, -0.15) is 0 Å². The summed E-state index contributed by atoms with van der Waals surface area (Å²) in [6, 6.07) is 6.01. The maximum atomic E-state index is 6.33. The summed E-state index contributed by atoms with van der Waals surface area (Å²) in [5.41, 5.74) is 6.94. The van der Waals surface area contributed by atoms with Crippen LogP contribution in [-0.4, -0.2) is 25.9 Å². The maximum absolute atomic E-state index is 6.33. The zero-order chi connectivity index (χ0) is 12.7. The minimum atomic E-state index is -0.348. The van der Waals surface area contributed by atoms with Crippen LogP contribution < -0.4 is 10.5 Å². The molecule has 17 heavy (non-hydrogen) atoms. The summed E-state index contributed by atoms with van der Waals surface area (Å²) in [5.74, 6) is 0.870.